The highest BCUT2D eigenvalue weighted by molar-refractivity contribution is 5.93. The molecule has 1 aliphatic rings. The van der Waals surface area contributed by atoms with Gasteiger partial charge in [-0.2, -0.15) is 0 Å². The smallest absolute Gasteiger partial charge is 0.270 e. The van der Waals surface area contributed by atoms with E-state index in [1.54, 1.807) is 6.07 Å². The van der Waals surface area contributed by atoms with Crippen molar-refractivity contribution in [2.24, 2.45) is 0 Å². The van der Waals surface area contributed by atoms with Gasteiger partial charge in [-0.1, -0.05) is 41.6 Å². The van der Waals surface area contributed by atoms with Crippen LogP contribution in [0.15, 0.2) is 53.1 Å². The second-order valence-electron chi connectivity index (χ2n) is 8.26. The number of pyridine rings is 1. The summed E-state index contributed by atoms with van der Waals surface area (Å²) in [7, 11) is 0. The molecule has 2 aromatic heterocycles. The largest absolute Gasteiger partial charge is 0.389 e. The first-order chi connectivity index (χ1) is 14.9. The number of aryl methyl sites for hydroxylation is 3. The summed E-state index contributed by atoms with van der Waals surface area (Å²) >= 11 is 0. The number of aliphatic hydroxyl groups excluding tert-OH is 1. The molecule has 162 valence electrons. The zero-order valence-electron chi connectivity index (χ0n) is 18.1. The van der Waals surface area contributed by atoms with Crippen LogP contribution in [0, 0.1) is 20.8 Å². The second-order valence-corrected chi connectivity index (χ2v) is 8.26. The monoisotopic (exact) mass is 420 g/mol. The van der Waals surface area contributed by atoms with Gasteiger partial charge in [-0.3, -0.25) is 9.69 Å². The molecular formula is C24H28N4O3. The lowest BCUT2D eigenvalue weighted by atomic mass is 9.78. The predicted molar refractivity (Wildman–Crippen MR) is 116 cm³/mol. The van der Waals surface area contributed by atoms with Gasteiger partial charge in [0.1, 0.15) is 11.5 Å². The summed E-state index contributed by atoms with van der Waals surface area (Å²) in [6, 6.07) is 15.1. The zero-order valence-corrected chi connectivity index (χ0v) is 18.1. The average Bonchev–Trinajstić information content (AvgIpc) is 3.08. The summed E-state index contributed by atoms with van der Waals surface area (Å²) in [6.07, 6.45) is -0.225. The second kappa shape index (κ2) is 8.61. The van der Waals surface area contributed by atoms with E-state index in [1.165, 1.54) is 0 Å². The summed E-state index contributed by atoms with van der Waals surface area (Å²) in [5.74, 6) is 0.511. The van der Waals surface area contributed by atoms with E-state index in [4.69, 9.17) is 4.52 Å². The molecule has 1 fully saturated rings. The SMILES string of the molecule is Cc1cccc(C(=O)N[C@]2(c3ccccc3)CCN(Cc3c(C)noc3C)C[C@H]2O)n1. The Morgan fingerprint density at radius 2 is 1.97 bits per heavy atom. The number of nitrogens with one attached hydrogen (secondary N) is 1. The maximum Gasteiger partial charge on any atom is 0.270 e. The lowest BCUT2D eigenvalue weighted by Gasteiger charge is -2.46. The number of benzene rings is 1. The summed E-state index contributed by atoms with van der Waals surface area (Å²) in [4.78, 5) is 19.6. The minimum Gasteiger partial charge on any atom is -0.389 e. The van der Waals surface area contributed by atoms with E-state index < -0.39 is 11.6 Å². The molecule has 0 saturated carbocycles. The van der Waals surface area contributed by atoms with Gasteiger partial charge < -0.3 is 14.9 Å². The van der Waals surface area contributed by atoms with Gasteiger partial charge in [0.15, 0.2) is 0 Å². The molecule has 2 atom stereocenters. The van der Waals surface area contributed by atoms with Crippen LogP contribution in [0.2, 0.25) is 0 Å². The lowest BCUT2D eigenvalue weighted by molar-refractivity contribution is -0.0183. The van der Waals surface area contributed by atoms with Crippen LogP contribution in [0.5, 0.6) is 0 Å². The number of hydrogen-bond donors (Lipinski definition) is 2. The van der Waals surface area contributed by atoms with Gasteiger partial charge >= 0.3 is 0 Å². The fraction of sp³-hybridized carbons (Fsp3) is 0.375. The van der Waals surface area contributed by atoms with Crippen molar-refractivity contribution in [1.29, 1.82) is 0 Å². The van der Waals surface area contributed by atoms with Crippen LogP contribution in [0.25, 0.3) is 0 Å². The van der Waals surface area contributed by atoms with Crippen LogP contribution >= 0.6 is 0 Å². The van der Waals surface area contributed by atoms with Crippen molar-refractivity contribution in [3.63, 3.8) is 0 Å². The van der Waals surface area contributed by atoms with Gasteiger partial charge in [0, 0.05) is 30.9 Å². The van der Waals surface area contributed by atoms with E-state index in [-0.39, 0.29) is 5.91 Å². The van der Waals surface area contributed by atoms with Crippen molar-refractivity contribution in [1.82, 2.24) is 20.4 Å². The van der Waals surface area contributed by atoms with E-state index in [0.29, 0.717) is 31.7 Å². The first kappa shape index (κ1) is 21.2. The van der Waals surface area contributed by atoms with Gasteiger partial charge in [-0.05, 0) is 44.9 Å². The fourth-order valence-corrected chi connectivity index (χ4v) is 4.31. The maximum absolute atomic E-state index is 13.1. The number of carbonyl (C=O) groups is 1. The molecule has 3 heterocycles. The maximum atomic E-state index is 13.1. The number of nitrogens with zero attached hydrogens (tertiary/aromatic N) is 3. The highest BCUT2D eigenvalue weighted by atomic mass is 16.5. The van der Waals surface area contributed by atoms with Gasteiger partial charge in [0.2, 0.25) is 0 Å². The molecule has 1 saturated heterocycles. The van der Waals surface area contributed by atoms with Crippen LogP contribution in [0.1, 0.15) is 45.2 Å². The molecule has 1 aromatic carbocycles. The molecule has 0 aliphatic carbocycles. The number of carbonyl (C=O) groups excluding carboxylic acids is 1. The lowest BCUT2D eigenvalue weighted by Crippen LogP contribution is -2.61. The minimum atomic E-state index is -0.890. The van der Waals surface area contributed by atoms with Crippen LogP contribution in [0.4, 0.5) is 0 Å². The van der Waals surface area contributed by atoms with Gasteiger partial charge in [-0.15, -0.1) is 0 Å². The first-order valence-electron chi connectivity index (χ1n) is 10.5. The van der Waals surface area contributed by atoms with E-state index in [9.17, 15) is 9.90 Å². The molecular weight excluding hydrogens is 392 g/mol. The van der Waals surface area contributed by atoms with Gasteiger partial charge in [0.25, 0.3) is 5.91 Å². The number of likely N-dealkylation sites (tertiary alicyclic amines) is 1. The molecule has 3 aromatic rings. The molecule has 4 rings (SSSR count). The number of β-amino-alcohol motifs (C(OH)–C–C–N with tert-alkyl or cyclic N) is 1. The molecule has 7 heteroatoms. The van der Waals surface area contributed by atoms with Crippen LogP contribution in [0.3, 0.4) is 0 Å². The summed E-state index contributed by atoms with van der Waals surface area (Å²) in [5.41, 5.74) is 3.04. The van der Waals surface area contributed by atoms with E-state index >= 15 is 0 Å². The number of aromatic nitrogens is 2. The van der Waals surface area contributed by atoms with Gasteiger partial charge in [0.05, 0.1) is 17.3 Å². The third-order valence-corrected chi connectivity index (χ3v) is 6.13. The van der Waals surface area contributed by atoms with Crippen molar-refractivity contribution in [3.05, 3.63) is 82.5 Å². The predicted octanol–water partition coefficient (Wildman–Crippen LogP) is 2.89. The van der Waals surface area contributed by atoms with E-state index in [0.717, 1.165) is 28.3 Å². The fourth-order valence-electron chi connectivity index (χ4n) is 4.31. The Kier molecular flexibility index (Phi) is 5.89. The molecule has 0 spiro atoms. The summed E-state index contributed by atoms with van der Waals surface area (Å²) < 4.78 is 5.28. The molecule has 2 N–H and O–H groups in total. The van der Waals surface area contributed by atoms with E-state index in [2.05, 4.69) is 20.4 Å². The van der Waals surface area contributed by atoms with Crippen molar-refractivity contribution < 1.29 is 14.4 Å². The van der Waals surface area contributed by atoms with Crippen molar-refractivity contribution in [2.75, 3.05) is 13.1 Å². The number of amides is 1. The third-order valence-electron chi connectivity index (χ3n) is 6.13. The summed E-state index contributed by atoms with van der Waals surface area (Å²) in [6.45, 7) is 7.45. The highest BCUT2D eigenvalue weighted by Crippen LogP contribution is 2.34. The Labute approximate surface area is 182 Å². The quantitative estimate of drug-likeness (QED) is 0.660. The minimum absolute atomic E-state index is 0.286. The zero-order chi connectivity index (χ0) is 22.0. The number of rotatable bonds is 5. The van der Waals surface area contributed by atoms with Crippen molar-refractivity contribution in [2.45, 2.75) is 45.4 Å². The van der Waals surface area contributed by atoms with Crippen LogP contribution < -0.4 is 5.32 Å². The van der Waals surface area contributed by atoms with Crippen LogP contribution in [-0.2, 0) is 12.1 Å². The number of piperidine rings is 1. The molecule has 0 bridgehead atoms. The van der Waals surface area contributed by atoms with Crippen molar-refractivity contribution >= 4 is 5.91 Å². The summed E-state index contributed by atoms with van der Waals surface area (Å²) in [5, 5.41) is 18.5. The van der Waals surface area contributed by atoms with Crippen molar-refractivity contribution in [3.8, 4) is 0 Å². The Morgan fingerprint density at radius 3 is 2.61 bits per heavy atom. The normalized spacial score (nSPS) is 21.7. The Morgan fingerprint density at radius 1 is 1.19 bits per heavy atom. The molecule has 0 radical (unpaired) electrons. The average molecular weight is 421 g/mol. The Hall–Kier alpha value is -3.03. The Balaban J connectivity index is 1.60. The topological polar surface area (TPSA) is 91.5 Å². The standard InChI is InChI=1S/C24H28N4O3/c1-16-8-7-11-21(25-16)23(30)26-24(19-9-5-4-6-10-19)12-13-28(15-22(24)29)14-20-17(2)27-31-18(20)3/h4-11,22,29H,12-15H2,1-3H3,(H,26,30)/t22-,24+/m1/s1. The highest BCUT2D eigenvalue weighted by Gasteiger charge is 2.45. The number of hydrogen-bond acceptors (Lipinski definition) is 6. The molecule has 31 heavy (non-hydrogen) atoms. The first-order valence-corrected chi connectivity index (χ1v) is 10.5. The molecule has 7 nitrogen and oxygen atoms in total. The van der Waals surface area contributed by atoms with Crippen LogP contribution in [-0.4, -0.2) is 45.2 Å². The number of aliphatic hydroxyl groups is 1. The van der Waals surface area contributed by atoms with Gasteiger partial charge in [-0.25, -0.2) is 4.98 Å². The Bertz CT molecular complexity index is 1050. The third kappa shape index (κ3) is 4.24. The molecule has 1 aliphatic heterocycles. The molecule has 1 amide bonds. The van der Waals surface area contributed by atoms with E-state index in [1.807, 2.05) is 63.2 Å². The molecule has 0 unspecified atom stereocenters.